The van der Waals surface area contributed by atoms with Crippen molar-refractivity contribution in [1.29, 1.82) is 0 Å². The Bertz CT molecular complexity index is 4020. The summed E-state index contributed by atoms with van der Waals surface area (Å²) in [6.07, 6.45) is 0. The fourth-order valence-corrected chi connectivity index (χ4v) is 11.7. The molecule has 1 aromatic heterocycles. The number of nitrogens with zero attached hydrogens (tertiary/aromatic N) is 3. The van der Waals surface area contributed by atoms with Crippen LogP contribution >= 0.6 is 11.3 Å². The second kappa shape index (κ2) is 17.6. The summed E-state index contributed by atoms with van der Waals surface area (Å²) in [7, 11) is 0. The SMILES string of the molecule is c1ccc(N(c2ccc3c(c2)sc2c(-c4cccc5ccccc45)cc(N(c4ccccc4)c4cccc5ccccc45)cc23)c2ccccc2N(c2ccccc2)c2cccc3ccccc23)cc1. The van der Waals surface area contributed by atoms with Crippen molar-refractivity contribution >= 4 is 115 Å². The zero-order valence-corrected chi connectivity index (χ0v) is 39.0. The van der Waals surface area contributed by atoms with Crippen molar-refractivity contribution in [3.05, 3.63) is 273 Å². The minimum Gasteiger partial charge on any atom is -0.310 e. The maximum atomic E-state index is 2.44. The van der Waals surface area contributed by atoms with Gasteiger partial charge in [0.1, 0.15) is 0 Å². The molecule has 330 valence electrons. The minimum absolute atomic E-state index is 1.07. The second-order valence-corrected chi connectivity index (χ2v) is 18.7. The zero-order chi connectivity index (χ0) is 46.4. The van der Waals surface area contributed by atoms with Crippen LogP contribution in [0.5, 0.6) is 0 Å². The standard InChI is InChI=1S/C66H45N3S/c1-4-27-49(28-5-1)67(63-37-16-17-38-64(63)69(51-31-8-3-9-32-51)62-40-20-26-48-23-12-15-35-56(48)62)52-41-42-58-60-44-53(68(50-29-6-2-7-30-50)61-39-19-25-47-22-11-14-34-55(47)61)43-59(66(60)70-65(58)45-52)57-36-18-24-46-21-10-13-33-54(46)57/h1-45H. The Balaban J connectivity index is 1.05. The van der Waals surface area contributed by atoms with Crippen LogP contribution in [-0.2, 0) is 0 Å². The lowest BCUT2D eigenvalue weighted by Crippen LogP contribution is -2.17. The predicted molar refractivity (Wildman–Crippen MR) is 301 cm³/mol. The first-order chi connectivity index (χ1) is 34.7. The van der Waals surface area contributed by atoms with Gasteiger partial charge in [0.15, 0.2) is 0 Å². The first-order valence-corrected chi connectivity index (χ1v) is 24.7. The molecular formula is C66H45N3S. The molecule has 0 saturated heterocycles. The van der Waals surface area contributed by atoms with E-state index in [0.717, 1.165) is 51.2 Å². The van der Waals surface area contributed by atoms with E-state index < -0.39 is 0 Å². The van der Waals surface area contributed by atoms with Crippen molar-refractivity contribution in [1.82, 2.24) is 0 Å². The van der Waals surface area contributed by atoms with Gasteiger partial charge in [-0.1, -0.05) is 188 Å². The van der Waals surface area contributed by atoms with Crippen LogP contribution in [0.2, 0.25) is 0 Å². The van der Waals surface area contributed by atoms with Crippen molar-refractivity contribution < 1.29 is 0 Å². The van der Waals surface area contributed by atoms with E-state index in [0.29, 0.717) is 0 Å². The van der Waals surface area contributed by atoms with Crippen LogP contribution in [0, 0.1) is 0 Å². The monoisotopic (exact) mass is 911 g/mol. The van der Waals surface area contributed by atoms with Gasteiger partial charge < -0.3 is 14.7 Å². The van der Waals surface area contributed by atoms with E-state index in [9.17, 15) is 0 Å². The predicted octanol–water partition coefficient (Wildman–Crippen LogP) is 19.6. The molecule has 4 heteroatoms. The molecule has 3 nitrogen and oxygen atoms in total. The number of hydrogen-bond donors (Lipinski definition) is 0. The molecule has 0 fully saturated rings. The molecule has 0 spiro atoms. The lowest BCUT2D eigenvalue weighted by atomic mass is 9.95. The lowest BCUT2D eigenvalue weighted by Gasteiger charge is -2.33. The molecule has 0 radical (unpaired) electrons. The van der Waals surface area contributed by atoms with Gasteiger partial charge in [-0.3, -0.25) is 0 Å². The molecule has 0 aliphatic carbocycles. The minimum atomic E-state index is 1.07. The Morgan fingerprint density at radius 2 is 0.657 bits per heavy atom. The zero-order valence-electron chi connectivity index (χ0n) is 38.2. The highest BCUT2D eigenvalue weighted by Crippen LogP contribution is 2.51. The molecule has 13 aromatic rings. The highest BCUT2D eigenvalue weighted by atomic mass is 32.1. The van der Waals surface area contributed by atoms with Crippen LogP contribution in [0.15, 0.2) is 273 Å². The van der Waals surface area contributed by atoms with Crippen LogP contribution in [0.4, 0.5) is 51.2 Å². The normalized spacial score (nSPS) is 11.4. The fourth-order valence-electron chi connectivity index (χ4n) is 10.4. The Kier molecular flexibility index (Phi) is 10.4. The smallest absolute Gasteiger partial charge is 0.0702 e. The van der Waals surface area contributed by atoms with Crippen LogP contribution in [0.1, 0.15) is 0 Å². The number of benzene rings is 12. The average molecular weight is 912 g/mol. The summed E-state index contributed by atoms with van der Waals surface area (Å²) in [5.41, 5.74) is 12.3. The third-order valence-corrected chi connectivity index (χ3v) is 14.8. The summed E-state index contributed by atoms with van der Waals surface area (Å²) in [5, 5.41) is 9.71. The van der Waals surface area contributed by atoms with E-state index in [-0.39, 0.29) is 0 Å². The van der Waals surface area contributed by atoms with Crippen molar-refractivity contribution in [2.45, 2.75) is 0 Å². The fraction of sp³-hybridized carbons (Fsp3) is 0. The van der Waals surface area contributed by atoms with Gasteiger partial charge in [-0.05, 0) is 112 Å². The highest BCUT2D eigenvalue weighted by molar-refractivity contribution is 7.26. The van der Waals surface area contributed by atoms with Gasteiger partial charge in [-0.2, -0.15) is 0 Å². The number of rotatable bonds is 10. The summed E-state index contributed by atoms with van der Waals surface area (Å²) in [4.78, 5) is 7.28. The summed E-state index contributed by atoms with van der Waals surface area (Å²) in [5.74, 6) is 0. The molecule has 0 aliphatic rings. The summed E-state index contributed by atoms with van der Waals surface area (Å²) in [6.45, 7) is 0. The maximum Gasteiger partial charge on any atom is 0.0702 e. The molecule has 0 N–H and O–H groups in total. The van der Waals surface area contributed by atoms with Gasteiger partial charge >= 0.3 is 0 Å². The summed E-state index contributed by atoms with van der Waals surface area (Å²) < 4.78 is 2.48. The molecule has 0 bridgehead atoms. The molecular weight excluding hydrogens is 867 g/mol. The Morgan fingerprint density at radius 3 is 1.26 bits per heavy atom. The average Bonchev–Trinajstić information content (AvgIpc) is 3.80. The summed E-state index contributed by atoms with van der Waals surface area (Å²) >= 11 is 1.88. The molecule has 0 unspecified atom stereocenters. The number of fused-ring (bicyclic) bond motifs is 6. The maximum absolute atomic E-state index is 2.44. The summed E-state index contributed by atoms with van der Waals surface area (Å²) in [6, 6.07) is 99.2. The van der Waals surface area contributed by atoms with Gasteiger partial charge in [-0.15, -0.1) is 11.3 Å². The van der Waals surface area contributed by atoms with Gasteiger partial charge in [0.25, 0.3) is 0 Å². The Morgan fingerprint density at radius 1 is 0.229 bits per heavy atom. The molecule has 12 aromatic carbocycles. The van der Waals surface area contributed by atoms with Crippen LogP contribution in [0.25, 0.3) is 63.6 Å². The van der Waals surface area contributed by atoms with Crippen molar-refractivity contribution in [3.8, 4) is 11.1 Å². The quantitative estimate of drug-likeness (QED) is 0.135. The van der Waals surface area contributed by atoms with Gasteiger partial charge in [0.2, 0.25) is 0 Å². The topological polar surface area (TPSA) is 9.72 Å². The van der Waals surface area contributed by atoms with E-state index in [1.165, 1.54) is 63.6 Å². The number of hydrogen-bond acceptors (Lipinski definition) is 4. The largest absolute Gasteiger partial charge is 0.310 e. The van der Waals surface area contributed by atoms with Crippen LogP contribution < -0.4 is 14.7 Å². The van der Waals surface area contributed by atoms with Gasteiger partial charge in [0, 0.05) is 64.9 Å². The first-order valence-electron chi connectivity index (χ1n) is 23.8. The Labute approximate surface area is 411 Å². The van der Waals surface area contributed by atoms with Crippen LogP contribution in [-0.4, -0.2) is 0 Å². The molecule has 0 aliphatic heterocycles. The van der Waals surface area contributed by atoms with Crippen LogP contribution in [0.3, 0.4) is 0 Å². The molecule has 0 amide bonds. The van der Waals surface area contributed by atoms with E-state index in [4.69, 9.17) is 0 Å². The molecule has 0 atom stereocenters. The van der Waals surface area contributed by atoms with Crippen molar-refractivity contribution in [2.24, 2.45) is 0 Å². The number of anilines is 9. The molecule has 13 rings (SSSR count). The van der Waals surface area contributed by atoms with Crippen molar-refractivity contribution in [2.75, 3.05) is 14.7 Å². The molecule has 1 heterocycles. The second-order valence-electron chi connectivity index (χ2n) is 17.7. The number of thiophene rings is 1. The van der Waals surface area contributed by atoms with E-state index in [1.807, 2.05) is 11.3 Å². The van der Waals surface area contributed by atoms with Gasteiger partial charge in [0.05, 0.1) is 22.7 Å². The lowest BCUT2D eigenvalue weighted by molar-refractivity contribution is 1.23. The van der Waals surface area contributed by atoms with E-state index >= 15 is 0 Å². The molecule has 70 heavy (non-hydrogen) atoms. The first kappa shape index (κ1) is 41.2. The third kappa shape index (κ3) is 7.21. The van der Waals surface area contributed by atoms with E-state index in [1.54, 1.807) is 0 Å². The van der Waals surface area contributed by atoms with Gasteiger partial charge in [-0.25, -0.2) is 0 Å². The van der Waals surface area contributed by atoms with Crippen molar-refractivity contribution in [3.63, 3.8) is 0 Å². The molecule has 0 saturated carbocycles. The Hall–Kier alpha value is -8.96. The number of para-hydroxylation sites is 5. The van der Waals surface area contributed by atoms with E-state index in [2.05, 4.69) is 288 Å². The third-order valence-electron chi connectivity index (χ3n) is 13.6. The highest BCUT2D eigenvalue weighted by Gasteiger charge is 2.25.